The lowest BCUT2D eigenvalue weighted by Crippen LogP contribution is -2.35. The van der Waals surface area contributed by atoms with Gasteiger partial charge in [-0.2, -0.15) is 0 Å². The van der Waals surface area contributed by atoms with Crippen molar-refractivity contribution in [1.29, 1.82) is 0 Å². The van der Waals surface area contributed by atoms with Gasteiger partial charge in [0.1, 0.15) is 11.9 Å². The Hall–Kier alpha value is -4.84. The van der Waals surface area contributed by atoms with Gasteiger partial charge in [0, 0.05) is 43.5 Å². The number of sulfone groups is 1. The van der Waals surface area contributed by atoms with Gasteiger partial charge in [0.2, 0.25) is 11.8 Å². The highest BCUT2D eigenvalue weighted by molar-refractivity contribution is 7.91. The Bertz CT molecular complexity index is 1780. The number of nitrogens with zero attached hydrogens (tertiary/aromatic N) is 2. The molecule has 3 aromatic carbocycles. The van der Waals surface area contributed by atoms with Crippen LogP contribution in [0.1, 0.15) is 31.0 Å². The number of anilines is 3. The number of hydrogen-bond donors (Lipinski definition) is 3. The summed E-state index contributed by atoms with van der Waals surface area (Å²) >= 11 is 0. The second-order valence-electron chi connectivity index (χ2n) is 9.93. The normalized spacial score (nSPS) is 11.9. The minimum Gasteiger partial charge on any atom is -0.493 e. The summed E-state index contributed by atoms with van der Waals surface area (Å²) in [5.41, 5.74) is 8.08. The van der Waals surface area contributed by atoms with Crippen LogP contribution in [0.5, 0.6) is 11.5 Å². The largest absolute Gasteiger partial charge is 0.493 e. The average molecular weight is 606 g/mol. The maximum atomic E-state index is 14.2. The van der Waals surface area contributed by atoms with Crippen molar-refractivity contribution >= 4 is 49.6 Å². The molecule has 0 radical (unpaired) electrons. The molecule has 11 nitrogen and oxygen atoms in total. The first kappa shape index (κ1) is 31.1. The summed E-state index contributed by atoms with van der Waals surface area (Å²) in [6, 6.07) is 16.2. The van der Waals surface area contributed by atoms with Crippen LogP contribution in [0.3, 0.4) is 0 Å². The Labute approximate surface area is 250 Å². The number of carbonyl (C=O) groups excluding carboxylic acids is 2. The molecule has 0 saturated carbocycles. The summed E-state index contributed by atoms with van der Waals surface area (Å²) in [5, 5.41) is 7.63. The molecule has 2 amide bonds. The molecule has 43 heavy (non-hydrogen) atoms. The van der Waals surface area contributed by atoms with E-state index in [0.29, 0.717) is 39.8 Å². The number of aromatic nitrogens is 1. The minimum absolute atomic E-state index is 0.0355. The van der Waals surface area contributed by atoms with Gasteiger partial charge < -0.3 is 30.7 Å². The van der Waals surface area contributed by atoms with Crippen molar-refractivity contribution in [1.82, 2.24) is 9.88 Å². The number of benzene rings is 3. The highest BCUT2D eigenvalue weighted by Gasteiger charge is 2.27. The third-order valence-electron chi connectivity index (χ3n) is 6.97. The van der Waals surface area contributed by atoms with E-state index < -0.39 is 15.9 Å². The van der Waals surface area contributed by atoms with Crippen LogP contribution in [0.4, 0.5) is 17.2 Å². The first-order valence-electron chi connectivity index (χ1n) is 13.5. The molecule has 0 aliphatic heterocycles. The molecule has 0 saturated heterocycles. The predicted octanol–water partition coefficient (Wildman–Crippen LogP) is 4.40. The van der Waals surface area contributed by atoms with Crippen LogP contribution in [0.25, 0.3) is 10.8 Å². The maximum Gasteiger partial charge on any atom is 0.249 e. The number of carbonyl (C=O) groups is 2. The monoisotopic (exact) mass is 605 g/mol. The van der Waals surface area contributed by atoms with Gasteiger partial charge in [0.25, 0.3) is 0 Å². The summed E-state index contributed by atoms with van der Waals surface area (Å²) < 4.78 is 36.7. The Kier molecular flexibility index (Phi) is 9.40. The molecule has 12 heteroatoms. The highest BCUT2D eigenvalue weighted by atomic mass is 32.2. The Morgan fingerprint density at radius 3 is 2.37 bits per heavy atom. The van der Waals surface area contributed by atoms with Crippen molar-refractivity contribution in [3.05, 3.63) is 78.0 Å². The van der Waals surface area contributed by atoms with Gasteiger partial charge in [-0.1, -0.05) is 13.0 Å². The third-order valence-corrected chi connectivity index (χ3v) is 8.80. The molecule has 4 rings (SSSR count). The fourth-order valence-electron chi connectivity index (χ4n) is 4.77. The number of pyridine rings is 1. The Morgan fingerprint density at radius 2 is 1.70 bits per heavy atom. The van der Waals surface area contributed by atoms with Gasteiger partial charge in [0.05, 0.1) is 24.9 Å². The molecule has 1 aromatic heterocycles. The lowest BCUT2D eigenvalue weighted by Gasteiger charge is -2.27. The predicted molar refractivity (Wildman–Crippen MR) is 167 cm³/mol. The van der Waals surface area contributed by atoms with Crippen LogP contribution in [0, 0.1) is 0 Å². The van der Waals surface area contributed by atoms with Crippen molar-refractivity contribution < 1.29 is 27.5 Å². The van der Waals surface area contributed by atoms with Crippen LogP contribution in [-0.2, 0) is 26.0 Å². The Morgan fingerprint density at radius 1 is 0.977 bits per heavy atom. The molecule has 0 aliphatic carbocycles. The zero-order chi connectivity index (χ0) is 31.3. The zero-order valence-electron chi connectivity index (χ0n) is 24.7. The van der Waals surface area contributed by atoms with Crippen molar-refractivity contribution in [2.24, 2.45) is 0 Å². The summed E-state index contributed by atoms with van der Waals surface area (Å²) in [4.78, 5) is 31.5. The Balaban J connectivity index is 1.75. The number of nitrogens with one attached hydrogen (secondary N) is 2. The smallest absolute Gasteiger partial charge is 0.249 e. The lowest BCUT2D eigenvalue weighted by molar-refractivity contribution is -0.131. The number of ether oxygens (including phenoxy) is 2. The molecule has 226 valence electrons. The molecule has 1 unspecified atom stereocenters. The number of nitrogen functional groups attached to an aromatic ring is 1. The first-order chi connectivity index (χ1) is 20.5. The quantitative estimate of drug-likeness (QED) is 0.226. The first-order valence-corrected chi connectivity index (χ1v) is 15.1. The molecular formula is C31H35N5O6S. The van der Waals surface area contributed by atoms with E-state index >= 15 is 0 Å². The van der Waals surface area contributed by atoms with E-state index in [2.05, 4.69) is 15.6 Å². The van der Waals surface area contributed by atoms with Gasteiger partial charge in [-0.25, -0.2) is 13.4 Å². The van der Waals surface area contributed by atoms with E-state index in [1.54, 1.807) is 44.4 Å². The van der Waals surface area contributed by atoms with Crippen LogP contribution in [0.2, 0.25) is 0 Å². The van der Waals surface area contributed by atoms with Crippen molar-refractivity contribution in [2.45, 2.75) is 31.3 Å². The van der Waals surface area contributed by atoms with Gasteiger partial charge in [-0.15, -0.1) is 0 Å². The van der Waals surface area contributed by atoms with E-state index in [1.165, 1.54) is 38.2 Å². The van der Waals surface area contributed by atoms with Gasteiger partial charge in [-0.05, 0) is 71.1 Å². The van der Waals surface area contributed by atoms with E-state index in [0.717, 1.165) is 10.8 Å². The van der Waals surface area contributed by atoms with Gasteiger partial charge >= 0.3 is 0 Å². The number of likely N-dealkylation sites (N-methyl/N-ethyl adjacent to an activating group) is 1. The summed E-state index contributed by atoms with van der Waals surface area (Å²) in [6.45, 7) is 2.88. The number of amides is 2. The lowest BCUT2D eigenvalue weighted by atomic mass is 10.0. The maximum absolute atomic E-state index is 14.2. The molecule has 1 heterocycles. The zero-order valence-corrected chi connectivity index (χ0v) is 25.5. The molecule has 0 fully saturated rings. The minimum atomic E-state index is -3.62. The fraction of sp³-hybridized carbons (Fsp3) is 0.258. The molecule has 1 atom stereocenters. The summed E-state index contributed by atoms with van der Waals surface area (Å²) in [6.07, 6.45) is 1.61. The number of fused-ring (bicyclic) bond motifs is 1. The molecule has 0 spiro atoms. The topological polar surface area (TPSA) is 153 Å². The van der Waals surface area contributed by atoms with Crippen molar-refractivity contribution in [2.75, 3.05) is 43.4 Å². The van der Waals surface area contributed by atoms with Crippen molar-refractivity contribution in [3.8, 4) is 11.5 Å². The third kappa shape index (κ3) is 6.97. The van der Waals surface area contributed by atoms with Crippen molar-refractivity contribution in [3.63, 3.8) is 0 Å². The standard InChI is InChI=1S/C31H35N5O6S/c1-6-43(39,40)28-12-9-23(34-19(2)37)16-22(28)18-36(3)31(38)29(21-7-11-26(41-4)27(17-21)42-5)35-24-8-10-25-20(15-24)13-14-33-30(25)32/h7-17,29,35H,6,18H2,1-5H3,(H2,32,33)(H,34,37). The second-order valence-corrected chi connectivity index (χ2v) is 12.2. The molecule has 0 bridgehead atoms. The summed E-state index contributed by atoms with van der Waals surface area (Å²) in [7, 11) is 1.01. The van der Waals surface area contributed by atoms with Crippen LogP contribution < -0.4 is 25.8 Å². The molecule has 0 aliphatic rings. The highest BCUT2D eigenvalue weighted by Crippen LogP contribution is 2.33. The van der Waals surface area contributed by atoms with E-state index in [9.17, 15) is 18.0 Å². The SMILES string of the molecule is CCS(=O)(=O)c1ccc(NC(C)=O)cc1CN(C)C(=O)C(Nc1ccc2c(N)nccc2c1)c1ccc(OC)c(OC)c1. The van der Waals surface area contributed by atoms with Crippen LogP contribution >= 0.6 is 0 Å². The second kappa shape index (κ2) is 13.0. The number of hydrogen-bond acceptors (Lipinski definition) is 9. The summed E-state index contributed by atoms with van der Waals surface area (Å²) in [5.74, 6) is 0.589. The van der Waals surface area contributed by atoms with E-state index in [4.69, 9.17) is 15.2 Å². The van der Waals surface area contributed by atoms with Crippen LogP contribution in [-0.4, -0.2) is 57.1 Å². The van der Waals surface area contributed by atoms with Gasteiger partial charge in [-0.3, -0.25) is 9.59 Å². The number of methoxy groups -OCH3 is 2. The fourth-order valence-corrected chi connectivity index (χ4v) is 5.88. The number of rotatable bonds is 11. The van der Waals surface area contributed by atoms with E-state index in [1.807, 2.05) is 24.3 Å². The van der Waals surface area contributed by atoms with E-state index in [-0.39, 0.29) is 29.0 Å². The average Bonchev–Trinajstić information content (AvgIpc) is 2.99. The van der Waals surface area contributed by atoms with Crippen LogP contribution in [0.15, 0.2) is 71.8 Å². The molecular weight excluding hydrogens is 570 g/mol. The molecule has 4 N–H and O–H groups in total. The molecule has 4 aromatic rings. The van der Waals surface area contributed by atoms with Gasteiger partial charge in [0.15, 0.2) is 21.3 Å². The number of nitrogens with two attached hydrogens (primary N) is 1.